The molecule has 1 N–H and O–H groups in total. The van der Waals surface area contributed by atoms with Crippen molar-refractivity contribution in [1.82, 2.24) is 5.32 Å². The molecule has 2 aliphatic carbocycles. The predicted octanol–water partition coefficient (Wildman–Crippen LogP) is 5.01. The van der Waals surface area contributed by atoms with Crippen LogP contribution in [0.15, 0.2) is 17.5 Å². The van der Waals surface area contributed by atoms with Gasteiger partial charge in [-0.15, -0.1) is 11.3 Å². The first-order valence-electron chi connectivity index (χ1n) is 8.15. The quantitative estimate of drug-likeness (QED) is 0.816. The molecule has 19 heavy (non-hydrogen) atoms. The van der Waals surface area contributed by atoms with Gasteiger partial charge in [0.15, 0.2) is 0 Å². The molecule has 4 atom stereocenters. The van der Waals surface area contributed by atoms with Crippen molar-refractivity contribution in [1.29, 1.82) is 0 Å². The average Bonchev–Trinajstić information content (AvgIpc) is 2.98. The van der Waals surface area contributed by atoms with Crippen LogP contribution >= 0.6 is 11.3 Å². The van der Waals surface area contributed by atoms with Crippen LogP contribution in [-0.2, 0) is 0 Å². The Hall–Kier alpha value is -0.340. The zero-order valence-corrected chi connectivity index (χ0v) is 12.9. The van der Waals surface area contributed by atoms with E-state index in [0.29, 0.717) is 6.04 Å². The van der Waals surface area contributed by atoms with Gasteiger partial charge < -0.3 is 5.32 Å². The highest BCUT2D eigenvalue weighted by Gasteiger charge is 2.35. The van der Waals surface area contributed by atoms with E-state index in [1.165, 1.54) is 44.9 Å². The maximum Gasteiger partial charge on any atom is 0.0443 e. The summed E-state index contributed by atoms with van der Waals surface area (Å²) in [5.74, 6) is 2.97. The molecule has 0 aliphatic heterocycles. The van der Waals surface area contributed by atoms with Crippen molar-refractivity contribution in [3.63, 3.8) is 0 Å². The first-order chi connectivity index (χ1) is 9.38. The molecule has 0 bridgehead atoms. The summed E-state index contributed by atoms with van der Waals surface area (Å²) in [5, 5.41) is 5.99. The Balaban J connectivity index is 1.69. The minimum absolute atomic E-state index is 0.618. The number of fused-ring (bicyclic) bond motifs is 1. The first kappa shape index (κ1) is 13.6. The molecule has 1 aromatic rings. The van der Waals surface area contributed by atoms with Gasteiger partial charge in [0.25, 0.3) is 0 Å². The Bertz CT molecular complexity index is 373. The second kappa shape index (κ2) is 6.41. The van der Waals surface area contributed by atoms with Gasteiger partial charge in [-0.1, -0.05) is 38.7 Å². The molecule has 4 unspecified atom stereocenters. The molecule has 0 radical (unpaired) electrons. The van der Waals surface area contributed by atoms with Crippen LogP contribution in [-0.4, -0.2) is 6.54 Å². The van der Waals surface area contributed by atoms with Crippen LogP contribution in [0.1, 0.15) is 62.8 Å². The maximum absolute atomic E-state index is 3.76. The van der Waals surface area contributed by atoms with Gasteiger partial charge in [-0.25, -0.2) is 0 Å². The molecule has 1 heterocycles. The fourth-order valence-corrected chi connectivity index (χ4v) is 5.29. The van der Waals surface area contributed by atoms with Crippen molar-refractivity contribution >= 4 is 11.3 Å². The molecule has 2 fully saturated rings. The van der Waals surface area contributed by atoms with Crippen molar-refractivity contribution in [2.75, 3.05) is 6.54 Å². The summed E-state index contributed by atoms with van der Waals surface area (Å²) in [6.45, 7) is 3.33. The summed E-state index contributed by atoms with van der Waals surface area (Å²) >= 11 is 1.93. The molecular formula is C17H27NS. The Morgan fingerprint density at radius 3 is 2.79 bits per heavy atom. The van der Waals surface area contributed by atoms with Crippen LogP contribution in [0.2, 0.25) is 0 Å². The first-order valence-corrected chi connectivity index (χ1v) is 9.03. The van der Waals surface area contributed by atoms with Crippen LogP contribution in [0.5, 0.6) is 0 Å². The van der Waals surface area contributed by atoms with E-state index in [1.807, 2.05) is 11.3 Å². The molecule has 0 amide bonds. The summed E-state index contributed by atoms with van der Waals surface area (Å²) in [4.78, 5) is 1.56. The normalized spacial score (nSPS) is 32.8. The highest BCUT2D eigenvalue weighted by atomic mass is 32.1. The zero-order valence-electron chi connectivity index (χ0n) is 12.1. The van der Waals surface area contributed by atoms with Crippen molar-refractivity contribution in [2.24, 2.45) is 17.8 Å². The van der Waals surface area contributed by atoms with Gasteiger partial charge in [0.05, 0.1) is 0 Å². The number of hydrogen-bond donors (Lipinski definition) is 1. The zero-order chi connectivity index (χ0) is 13.1. The Kier molecular flexibility index (Phi) is 4.60. The molecular weight excluding hydrogens is 250 g/mol. The van der Waals surface area contributed by atoms with Gasteiger partial charge in [-0.05, 0) is 55.0 Å². The second-order valence-electron chi connectivity index (χ2n) is 6.43. The van der Waals surface area contributed by atoms with Crippen LogP contribution in [0.25, 0.3) is 0 Å². The third-order valence-electron chi connectivity index (χ3n) is 5.33. The van der Waals surface area contributed by atoms with E-state index in [-0.39, 0.29) is 0 Å². The standard InChI is InChI=1S/C17H27NS/c1-2-18-17(16-8-5-11-19-16)15-10-9-13-6-3-4-7-14(13)12-15/h5,8,11,13-15,17-18H,2-4,6-7,9-10,12H2,1H3. The third-order valence-corrected chi connectivity index (χ3v) is 6.28. The molecule has 3 rings (SSSR count). The van der Waals surface area contributed by atoms with E-state index >= 15 is 0 Å². The lowest BCUT2D eigenvalue weighted by Gasteiger charge is -2.42. The van der Waals surface area contributed by atoms with Crippen LogP contribution in [0.3, 0.4) is 0 Å². The van der Waals surface area contributed by atoms with Crippen LogP contribution in [0, 0.1) is 17.8 Å². The summed E-state index contributed by atoms with van der Waals surface area (Å²) < 4.78 is 0. The monoisotopic (exact) mass is 277 g/mol. The molecule has 0 aromatic carbocycles. The summed E-state index contributed by atoms with van der Waals surface area (Å²) in [5.41, 5.74) is 0. The van der Waals surface area contributed by atoms with Crippen LogP contribution in [0.4, 0.5) is 0 Å². The van der Waals surface area contributed by atoms with E-state index in [9.17, 15) is 0 Å². The Morgan fingerprint density at radius 1 is 1.21 bits per heavy atom. The molecule has 2 saturated carbocycles. The minimum Gasteiger partial charge on any atom is -0.309 e. The average molecular weight is 277 g/mol. The number of thiophene rings is 1. The smallest absolute Gasteiger partial charge is 0.0443 e. The number of hydrogen-bond acceptors (Lipinski definition) is 2. The lowest BCUT2D eigenvalue weighted by atomic mass is 9.66. The SMILES string of the molecule is CCNC(c1cccs1)C1CCC2CCCCC2C1. The van der Waals surface area contributed by atoms with Crippen molar-refractivity contribution < 1.29 is 0 Å². The summed E-state index contributed by atoms with van der Waals surface area (Å²) in [6.07, 6.45) is 10.4. The fraction of sp³-hybridized carbons (Fsp3) is 0.765. The lowest BCUT2D eigenvalue weighted by Crippen LogP contribution is -2.35. The van der Waals surface area contributed by atoms with E-state index in [0.717, 1.165) is 24.3 Å². The highest BCUT2D eigenvalue weighted by molar-refractivity contribution is 7.10. The molecule has 1 nitrogen and oxygen atoms in total. The Morgan fingerprint density at radius 2 is 2.05 bits per heavy atom. The van der Waals surface area contributed by atoms with Gasteiger partial charge in [0, 0.05) is 10.9 Å². The predicted molar refractivity (Wildman–Crippen MR) is 83.5 cm³/mol. The van der Waals surface area contributed by atoms with Gasteiger partial charge in [-0.3, -0.25) is 0 Å². The van der Waals surface area contributed by atoms with Gasteiger partial charge in [-0.2, -0.15) is 0 Å². The topological polar surface area (TPSA) is 12.0 Å². The van der Waals surface area contributed by atoms with E-state index in [1.54, 1.807) is 4.88 Å². The van der Waals surface area contributed by atoms with E-state index in [2.05, 4.69) is 29.8 Å². The van der Waals surface area contributed by atoms with E-state index < -0.39 is 0 Å². The van der Waals surface area contributed by atoms with Gasteiger partial charge >= 0.3 is 0 Å². The Labute approximate surface area is 121 Å². The largest absolute Gasteiger partial charge is 0.309 e. The van der Waals surface area contributed by atoms with Gasteiger partial charge in [0.1, 0.15) is 0 Å². The third kappa shape index (κ3) is 3.05. The molecule has 0 saturated heterocycles. The lowest BCUT2D eigenvalue weighted by molar-refractivity contribution is 0.110. The minimum atomic E-state index is 0.618. The van der Waals surface area contributed by atoms with Gasteiger partial charge in [0.2, 0.25) is 0 Å². The molecule has 1 aromatic heterocycles. The molecule has 106 valence electrons. The second-order valence-corrected chi connectivity index (χ2v) is 7.41. The summed E-state index contributed by atoms with van der Waals surface area (Å²) in [6, 6.07) is 5.15. The molecule has 0 spiro atoms. The molecule has 2 heteroatoms. The number of rotatable bonds is 4. The van der Waals surface area contributed by atoms with Crippen molar-refractivity contribution in [2.45, 2.75) is 57.9 Å². The van der Waals surface area contributed by atoms with Crippen molar-refractivity contribution in [3.8, 4) is 0 Å². The highest BCUT2D eigenvalue weighted by Crippen LogP contribution is 2.46. The maximum atomic E-state index is 3.76. The summed E-state index contributed by atoms with van der Waals surface area (Å²) in [7, 11) is 0. The van der Waals surface area contributed by atoms with Crippen LogP contribution < -0.4 is 5.32 Å². The number of nitrogens with one attached hydrogen (secondary N) is 1. The molecule has 2 aliphatic rings. The van der Waals surface area contributed by atoms with Crippen molar-refractivity contribution in [3.05, 3.63) is 22.4 Å². The fourth-order valence-electron chi connectivity index (χ4n) is 4.40. The van der Waals surface area contributed by atoms with E-state index in [4.69, 9.17) is 0 Å².